The van der Waals surface area contributed by atoms with E-state index >= 15 is 0 Å². The van der Waals surface area contributed by atoms with E-state index in [9.17, 15) is 9.59 Å². The van der Waals surface area contributed by atoms with Gasteiger partial charge >= 0.3 is 0 Å². The Kier molecular flexibility index (Phi) is 5.89. The number of likely N-dealkylation sites (tertiary alicyclic amines) is 2. The zero-order valence-electron chi connectivity index (χ0n) is 17.1. The third kappa shape index (κ3) is 3.88. The maximum absolute atomic E-state index is 13.1. The molecule has 150 valence electrons. The van der Waals surface area contributed by atoms with E-state index < -0.39 is 0 Å². The fourth-order valence-electron chi connectivity index (χ4n) is 4.58. The van der Waals surface area contributed by atoms with E-state index in [4.69, 9.17) is 4.74 Å². The van der Waals surface area contributed by atoms with Crippen molar-refractivity contribution in [2.45, 2.75) is 53.0 Å². The van der Waals surface area contributed by atoms with Crippen molar-refractivity contribution in [3.05, 3.63) is 17.0 Å². The highest BCUT2D eigenvalue weighted by atomic mass is 16.5. The van der Waals surface area contributed by atoms with Crippen molar-refractivity contribution in [1.82, 2.24) is 19.6 Å². The molecule has 3 heterocycles. The lowest BCUT2D eigenvalue weighted by molar-refractivity contribution is -0.128. The average Bonchev–Trinajstić information content (AvgIpc) is 3.11. The molecule has 1 aromatic heterocycles. The molecule has 0 N–H and O–H groups in total. The Morgan fingerprint density at radius 1 is 1.26 bits per heavy atom. The zero-order chi connectivity index (χ0) is 19.6. The van der Waals surface area contributed by atoms with Crippen LogP contribution < -0.4 is 0 Å². The van der Waals surface area contributed by atoms with Crippen LogP contribution in [0.3, 0.4) is 0 Å². The van der Waals surface area contributed by atoms with Crippen molar-refractivity contribution in [1.29, 1.82) is 0 Å². The van der Waals surface area contributed by atoms with Crippen LogP contribution in [0.5, 0.6) is 0 Å². The highest BCUT2D eigenvalue weighted by Crippen LogP contribution is 2.41. The molecule has 0 radical (unpaired) electrons. The topological polar surface area (TPSA) is 67.7 Å². The molecule has 2 aliphatic heterocycles. The number of hydrogen-bond acceptors (Lipinski definition) is 4. The minimum Gasteiger partial charge on any atom is -0.385 e. The molecule has 0 aromatic carbocycles. The van der Waals surface area contributed by atoms with Crippen molar-refractivity contribution in [2.24, 2.45) is 5.41 Å². The second kappa shape index (κ2) is 8.00. The zero-order valence-corrected chi connectivity index (χ0v) is 17.1. The van der Waals surface area contributed by atoms with Crippen LogP contribution in [-0.2, 0) is 16.1 Å². The van der Waals surface area contributed by atoms with Gasteiger partial charge in [0, 0.05) is 64.0 Å². The number of aromatic nitrogens is 2. The quantitative estimate of drug-likeness (QED) is 0.713. The molecule has 27 heavy (non-hydrogen) atoms. The Hall–Kier alpha value is -1.89. The van der Waals surface area contributed by atoms with E-state index in [1.165, 1.54) is 0 Å². The maximum Gasteiger partial charge on any atom is 0.257 e. The second-order valence-electron chi connectivity index (χ2n) is 7.99. The largest absolute Gasteiger partial charge is 0.385 e. The molecule has 7 heteroatoms. The third-order valence-corrected chi connectivity index (χ3v) is 6.19. The van der Waals surface area contributed by atoms with E-state index in [1.807, 2.05) is 35.3 Å². The minimum absolute atomic E-state index is 0.0403. The lowest BCUT2D eigenvalue weighted by Gasteiger charge is -2.38. The van der Waals surface area contributed by atoms with Gasteiger partial charge in [0.05, 0.1) is 11.3 Å². The van der Waals surface area contributed by atoms with Gasteiger partial charge in [-0.05, 0) is 40.0 Å². The maximum atomic E-state index is 13.1. The van der Waals surface area contributed by atoms with Gasteiger partial charge in [-0.3, -0.25) is 14.3 Å². The Morgan fingerprint density at radius 3 is 2.56 bits per heavy atom. The third-order valence-electron chi connectivity index (χ3n) is 6.19. The van der Waals surface area contributed by atoms with Crippen molar-refractivity contribution < 1.29 is 14.3 Å². The van der Waals surface area contributed by atoms with E-state index in [0.717, 1.165) is 55.8 Å². The van der Waals surface area contributed by atoms with Crippen LogP contribution >= 0.6 is 0 Å². The molecule has 1 aromatic rings. The number of ether oxygens (including phenoxy) is 1. The van der Waals surface area contributed by atoms with Gasteiger partial charge < -0.3 is 14.5 Å². The molecular weight excluding hydrogens is 344 g/mol. The summed E-state index contributed by atoms with van der Waals surface area (Å²) in [5.74, 6) is 0.336. The van der Waals surface area contributed by atoms with Gasteiger partial charge in [-0.2, -0.15) is 5.10 Å². The summed E-state index contributed by atoms with van der Waals surface area (Å²) in [5.41, 5.74) is 2.54. The fourth-order valence-corrected chi connectivity index (χ4v) is 4.58. The smallest absolute Gasteiger partial charge is 0.257 e. The first-order valence-corrected chi connectivity index (χ1v) is 10.0. The molecule has 1 spiro atoms. The number of methoxy groups -OCH3 is 1. The Bertz CT molecular complexity index is 704. The van der Waals surface area contributed by atoms with Crippen LogP contribution in [0.4, 0.5) is 0 Å². The van der Waals surface area contributed by atoms with Crippen LogP contribution in [0, 0.1) is 19.3 Å². The van der Waals surface area contributed by atoms with Crippen LogP contribution in [0.15, 0.2) is 0 Å². The van der Waals surface area contributed by atoms with Gasteiger partial charge in [0.15, 0.2) is 0 Å². The summed E-state index contributed by atoms with van der Waals surface area (Å²) >= 11 is 0. The summed E-state index contributed by atoms with van der Waals surface area (Å²) in [4.78, 5) is 29.4. The van der Waals surface area contributed by atoms with Gasteiger partial charge in [-0.25, -0.2) is 0 Å². The minimum atomic E-state index is 0.0403. The first-order valence-electron chi connectivity index (χ1n) is 10.0. The van der Waals surface area contributed by atoms with Crippen molar-refractivity contribution in [3.8, 4) is 0 Å². The monoisotopic (exact) mass is 376 g/mol. The Labute approximate surface area is 161 Å². The second-order valence-corrected chi connectivity index (χ2v) is 7.99. The number of rotatable bonds is 6. The van der Waals surface area contributed by atoms with Gasteiger partial charge in [-0.15, -0.1) is 0 Å². The number of piperidine rings is 1. The molecule has 0 unspecified atom stereocenters. The number of carbonyl (C=O) groups is 2. The number of nitrogens with zero attached hydrogens (tertiary/aromatic N) is 4. The van der Waals surface area contributed by atoms with E-state index in [0.29, 0.717) is 26.1 Å². The van der Waals surface area contributed by atoms with Crippen LogP contribution in [0.1, 0.15) is 54.4 Å². The molecule has 3 rings (SSSR count). The van der Waals surface area contributed by atoms with Crippen LogP contribution in [0.2, 0.25) is 0 Å². The first kappa shape index (κ1) is 19.9. The normalized spacial score (nSPS) is 19.3. The molecule has 0 bridgehead atoms. The highest BCUT2D eigenvalue weighted by Gasteiger charge is 2.45. The summed E-state index contributed by atoms with van der Waals surface area (Å²) in [7, 11) is 1.69. The van der Waals surface area contributed by atoms with E-state index in [-0.39, 0.29) is 17.2 Å². The molecule has 0 atom stereocenters. The van der Waals surface area contributed by atoms with E-state index in [2.05, 4.69) is 5.10 Å². The average molecular weight is 377 g/mol. The summed E-state index contributed by atoms with van der Waals surface area (Å²) < 4.78 is 6.99. The standard InChI is InChI=1S/C20H32N4O3/c1-5-24-16(3)18(15(2)21-24)19(26)22-10-7-20(8-11-22)13-17(25)23(14-20)9-6-12-27-4/h5-14H2,1-4H3. The van der Waals surface area contributed by atoms with Crippen molar-refractivity contribution in [2.75, 3.05) is 39.9 Å². The molecule has 2 amide bonds. The number of hydrogen-bond donors (Lipinski definition) is 0. The highest BCUT2D eigenvalue weighted by molar-refractivity contribution is 5.96. The van der Waals surface area contributed by atoms with Gasteiger partial charge in [-0.1, -0.05) is 0 Å². The summed E-state index contributed by atoms with van der Waals surface area (Å²) in [6.45, 7) is 10.4. The molecule has 0 aliphatic carbocycles. The summed E-state index contributed by atoms with van der Waals surface area (Å²) in [6, 6.07) is 0. The molecule has 2 saturated heterocycles. The number of aryl methyl sites for hydroxylation is 2. The molecule has 2 aliphatic rings. The van der Waals surface area contributed by atoms with Crippen molar-refractivity contribution >= 4 is 11.8 Å². The number of carbonyl (C=O) groups excluding carboxylic acids is 2. The predicted molar refractivity (Wildman–Crippen MR) is 103 cm³/mol. The molecule has 7 nitrogen and oxygen atoms in total. The van der Waals surface area contributed by atoms with Gasteiger partial charge in [0.2, 0.25) is 5.91 Å². The van der Waals surface area contributed by atoms with Crippen LogP contribution in [0.25, 0.3) is 0 Å². The van der Waals surface area contributed by atoms with Crippen LogP contribution in [-0.4, -0.2) is 71.3 Å². The van der Waals surface area contributed by atoms with Gasteiger partial charge in [0.25, 0.3) is 5.91 Å². The summed E-state index contributed by atoms with van der Waals surface area (Å²) in [6.07, 6.45) is 3.28. The fraction of sp³-hybridized carbons (Fsp3) is 0.750. The van der Waals surface area contributed by atoms with Crippen molar-refractivity contribution in [3.63, 3.8) is 0 Å². The lowest BCUT2D eigenvalue weighted by Crippen LogP contribution is -2.44. The predicted octanol–water partition coefficient (Wildman–Crippen LogP) is 2.01. The SMILES string of the molecule is CCn1nc(C)c(C(=O)N2CCC3(CC2)CC(=O)N(CCCOC)C3)c1C. The molecule has 2 fully saturated rings. The van der Waals surface area contributed by atoms with E-state index in [1.54, 1.807) is 7.11 Å². The lowest BCUT2D eigenvalue weighted by atomic mass is 9.77. The molecule has 0 saturated carbocycles. The number of amides is 2. The van der Waals surface area contributed by atoms with Gasteiger partial charge in [0.1, 0.15) is 0 Å². The first-order chi connectivity index (χ1) is 12.9. The molecular formula is C20H32N4O3. The summed E-state index contributed by atoms with van der Waals surface area (Å²) in [5, 5.41) is 4.48. The Morgan fingerprint density at radius 2 is 1.96 bits per heavy atom. The Balaban J connectivity index is 1.61.